The molecular weight excluding hydrogens is 566 g/mol. The van der Waals surface area contributed by atoms with Gasteiger partial charge in [-0.25, -0.2) is 0 Å². The van der Waals surface area contributed by atoms with Gasteiger partial charge in [-0.1, -0.05) is 48.0 Å². The zero-order chi connectivity index (χ0) is 30.1. The van der Waals surface area contributed by atoms with E-state index in [0.29, 0.717) is 63.5 Å². The lowest BCUT2D eigenvalue weighted by Gasteiger charge is -2.27. The number of carbonyl (C=O) groups is 1. The highest BCUT2D eigenvalue weighted by Crippen LogP contribution is 2.46. The summed E-state index contributed by atoms with van der Waals surface area (Å²) in [6.07, 6.45) is 0.567. The molecule has 5 aromatic rings. The monoisotopic (exact) mass is 595 g/mol. The molecule has 1 aliphatic rings. The largest absolute Gasteiger partial charge is 0.507 e. The van der Waals surface area contributed by atoms with Gasteiger partial charge in [0.05, 0.1) is 20.3 Å². The van der Waals surface area contributed by atoms with Gasteiger partial charge in [0.2, 0.25) is 0 Å². The Morgan fingerprint density at radius 3 is 2.47 bits per heavy atom. The molecule has 8 nitrogen and oxygen atoms in total. The molecule has 218 valence electrons. The molecule has 2 heterocycles. The van der Waals surface area contributed by atoms with Crippen LogP contribution in [0.1, 0.15) is 38.8 Å². The van der Waals surface area contributed by atoms with E-state index in [4.69, 9.17) is 25.8 Å². The number of rotatable bonds is 9. The summed E-state index contributed by atoms with van der Waals surface area (Å²) in [4.78, 5) is 15.8. The van der Waals surface area contributed by atoms with Gasteiger partial charge in [-0.3, -0.25) is 9.89 Å². The molecule has 0 aliphatic carbocycles. The number of para-hydroxylation sites is 1. The van der Waals surface area contributed by atoms with Gasteiger partial charge in [0.15, 0.2) is 11.5 Å². The number of aryl methyl sites for hydroxylation is 1. The van der Waals surface area contributed by atoms with Crippen LogP contribution in [0.15, 0.2) is 84.9 Å². The second-order valence-corrected chi connectivity index (χ2v) is 10.7. The first-order valence-electron chi connectivity index (χ1n) is 13.8. The predicted octanol–water partition coefficient (Wildman–Crippen LogP) is 7.34. The van der Waals surface area contributed by atoms with Crippen LogP contribution in [0, 0.1) is 6.92 Å². The minimum Gasteiger partial charge on any atom is -0.507 e. The van der Waals surface area contributed by atoms with Crippen LogP contribution in [0.2, 0.25) is 5.02 Å². The van der Waals surface area contributed by atoms with Crippen LogP contribution in [-0.4, -0.2) is 46.9 Å². The number of halogens is 1. The molecule has 43 heavy (non-hydrogen) atoms. The van der Waals surface area contributed by atoms with Crippen molar-refractivity contribution in [2.24, 2.45) is 0 Å². The van der Waals surface area contributed by atoms with Crippen molar-refractivity contribution in [3.05, 3.63) is 118 Å². The van der Waals surface area contributed by atoms with Gasteiger partial charge in [-0.05, 0) is 78.6 Å². The zero-order valence-corrected chi connectivity index (χ0v) is 24.7. The fourth-order valence-electron chi connectivity index (χ4n) is 5.49. The summed E-state index contributed by atoms with van der Waals surface area (Å²) >= 11 is 6.46. The standard InChI is InChI=1S/C34H30ClN3O5/c1-20-16-27(39)25(19-26(20)35)31-30-32(37-36-31)34(40)38(15-14-21-12-13-28(41-2)29(17-21)42-3)33(30)22-8-7-11-24(18-22)43-23-9-5-4-6-10-23/h4-13,16-19,33,39H,14-15H2,1-3H3,(H,36,37). The number of aromatic hydroxyl groups is 1. The molecule has 0 saturated heterocycles. The molecule has 4 aromatic carbocycles. The number of benzene rings is 4. The molecule has 0 saturated carbocycles. The number of nitrogens with one attached hydrogen (secondary N) is 1. The van der Waals surface area contributed by atoms with Crippen molar-refractivity contribution in [1.29, 1.82) is 0 Å². The van der Waals surface area contributed by atoms with E-state index in [1.54, 1.807) is 26.4 Å². The van der Waals surface area contributed by atoms with Crippen molar-refractivity contribution >= 4 is 17.5 Å². The molecule has 0 spiro atoms. The minimum atomic E-state index is -0.504. The lowest BCUT2D eigenvalue weighted by Crippen LogP contribution is -2.31. The molecule has 0 bridgehead atoms. The van der Waals surface area contributed by atoms with Crippen LogP contribution in [0.5, 0.6) is 28.7 Å². The third-order valence-corrected chi connectivity index (χ3v) is 8.05. The zero-order valence-electron chi connectivity index (χ0n) is 23.9. The number of methoxy groups -OCH3 is 2. The number of amides is 1. The number of hydrogen-bond donors (Lipinski definition) is 2. The van der Waals surface area contributed by atoms with Gasteiger partial charge in [-0.2, -0.15) is 5.10 Å². The Morgan fingerprint density at radius 2 is 1.70 bits per heavy atom. The molecule has 1 unspecified atom stereocenters. The van der Waals surface area contributed by atoms with E-state index in [-0.39, 0.29) is 11.7 Å². The Morgan fingerprint density at radius 1 is 0.930 bits per heavy atom. The minimum absolute atomic E-state index is 0.0346. The molecule has 1 aliphatic heterocycles. The number of aromatic nitrogens is 2. The summed E-state index contributed by atoms with van der Waals surface area (Å²) in [6, 6.07) is 25.7. The van der Waals surface area contributed by atoms with Crippen LogP contribution in [0.25, 0.3) is 11.3 Å². The Labute approximate surface area is 254 Å². The van der Waals surface area contributed by atoms with Gasteiger partial charge in [0.1, 0.15) is 28.6 Å². The lowest BCUT2D eigenvalue weighted by molar-refractivity contribution is 0.0745. The molecule has 0 fully saturated rings. The molecule has 1 aromatic heterocycles. The lowest BCUT2D eigenvalue weighted by atomic mass is 9.95. The second kappa shape index (κ2) is 11.7. The molecule has 6 rings (SSSR count). The van der Waals surface area contributed by atoms with Gasteiger partial charge in [-0.15, -0.1) is 0 Å². The van der Waals surface area contributed by atoms with E-state index in [1.807, 2.05) is 84.6 Å². The predicted molar refractivity (Wildman–Crippen MR) is 165 cm³/mol. The van der Waals surface area contributed by atoms with Crippen LogP contribution >= 0.6 is 11.6 Å². The fraction of sp³-hybridized carbons (Fsp3) is 0.176. The molecular formula is C34H30ClN3O5. The first kappa shape index (κ1) is 28.2. The number of phenolic OH excluding ortho intramolecular Hbond substituents is 1. The quantitative estimate of drug-likeness (QED) is 0.185. The summed E-state index contributed by atoms with van der Waals surface area (Å²) in [7, 11) is 3.19. The number of H-pyrrole nitrogens is 1. The topological polar surface area (TPSA) is 96.9 Å². The Kier molecular flexibility index (Phi) is 7.69. The van der Waals surface area contributed by atoms with Crippen molar-refractivity contribution in [2.45, 2.75) is 19.4 Å². The summed E-state index contributed by atoms with van der Waals surface area (Å²) < 4.78 is 17.0. The Bertz CT molecular complexity index is 1800. The maximum absolute atomic E-state index is 13.9. The molecule has 1 amide bonds. The third-order valence-electron chi connectivity index (χ3n) is 7.64. The number of nitrogens with zero attached hydrogens (tertiary/aromatic N) is 2. The molecule has 1 atom stereocenters. The number of ether oxygens (including phenoxy) is 3. The fourth-order valence-corrected chi connectivity index (χ4v) is 5.66. The third kappa shape index (κ3) is 5.37. The summed E-state index contributed by atoms with van der Waals surface area (Å²) in [5.74, 6) is 2.45. The number of hydrogen-bond acceptors (Lipinski definition) is 6. The second-order valence-electron chi connectivity index (χ2n) is 10.3. The summed E-state index contributed by atoms with van der Waals surface area (Å²) in [6.45, 7) is 2.23. The highest BCUT2D eigenvalue weighted by molar-refractivity contribution is 6.31. The van der Waals surface area contributed by atoms with Crippen molar-refractivity contribution in [1.82, 2.24) is 15.1 Å². The van der Waals surface area contributed by atoms with Crippen LogP contribution < -0.4 is 14.2 Å². The number of fused-ring (bicyclic) bond motifs is 1. The number of phenols is 1. The average molecular weight is 596 g/mol. The van der Waals surface area contributed by atoms with Crippen LogP contribution in [-0.2, 0) is 6.42 Å². The first-order chi connectivity index (χ1) is 20.9. The van der Waals surface area contributed by atoms with E-state index < -0.39 is 6.04 Å². The van der Waals surface area contributed by atoms with Crippen molar-refractivity contribution in [3.63, 3.8) is 0 Å². The van der Waals surface area contributed by atoms with Gasteiger partial charge < -0.3 is 24.2 Å². The van der Waals surface area contributed by atoms with Crippen LogP contribution in [0.4, 0.5) is 0 Å². The smallest absolute Gasteiger partial charge is 0.273 e. The van der Waals surface area contributed by atoms with E-state index in [2.05, 4.69) is 10.2 Å². The summed E-state index contributed by atoms with van der Waals surface area (Å²) in [5.41, 5.74) is 4.53. The molecule has 0 radical (unpaired) electrons. The first-order valence-corrected chi connectivity index (χ1v) is 14.2. The maximum Gasteiger partial charge on any atom is 0.273 e. The van der Waals surface area contributed by atoms with E-state index in [0.717, 1.165) is 16.7 Å². The van der Waals surface area contributed by atoms with E-state index >= 15 is 0 Å². The Hall–Kier alpha value is -4.95. The van der Waals surface area contributed by atoms with Crippen molar-refractivity contribution in [2.75, 3.05) is 20.8 Å². The van der Waals surface area contributed by atoms with Crippen LogP contribution in [0.3, 0.4) is 0 Å². The molecule has 9 heteroatoms. The maximum atomic E-state index is 13.9. The number of aromatic amines is 1. The number of carbonyl (C=O) groups excluding carboxylic acids is 1. The SMILES string of the molecule is COc1ccc(CCN2C(=O)c3[nH]nc(-c4cc(Cl)c(C)cc4O)c3C2c2cccc(Oc3ccccc3)c2)cc1OC. The highest BCUT2D eigenvalue weighted by Gasteiger charge is 2.42. The van der Waals surface area contributed by atoms with Gasteiger partial charge >= 0.3 is 0 Å². The van der Waals surface area contributed by atoms with Gasteiger partial charge in [0.25, 0.3) is 5.91 Å². The molecule has 2 N–H and O–H groups in total. The van der Waals surface area contributed by atoms with E-state index in [1.165, 1.54) is 0 Å². The Balaban J connectivity index is 1.42. The van der Waals surface area contributed by atoms with Crippen molar-refractivity contribution in [3.8, 4) is 40.0 Å². The highest BCUT2D eigenvalue weighted by atomic mass is 35.5. The van der Waals surface area contributed by atoms with Gasteiger partial charge in [0, 0.05) is 22.7 Å². The average Bonchev–Trinajstić information content (AvgIpc) is 3.56. The van der Waals surface area contributed by atoms with Crippen molar-refractivity contribution < 1.29 is 24.1 Å². The summed E-state index contributed by atoms with van der Waals surface area (Å²) in [5, 5.41) is 18.8. The normalized spacial score (nSPS) is 14.1. The van der Waals surface area contributed by atoms with E-state index in [9.17, 15) is 9.90 Å².